The molecular formula is C48H76N2O4S. The molecule has 0 heterocycles. The minimum absolute atomic E-state index is 0.0707. The van der Waals surface area contributed by atoms with Crippen molar-refractivity contribution in [2.24, 2.45) is 11.8 Å². The van der Waals surface area contributed by atoms with E-state index in [2.05, 4.69) is 10.6 Å². The summed E-state index contributed by atoms with van der Waals surface area (Å²) in [5, 5.41) is 5.79. The van der Waals surface area contributed by atoms with E-state index < -0.39 is 9.84 Å². The average Bonchev–Trinajstić information content (AvgIpc) is 3.88. The van der Waals surface area contributed by atoms with Gasteiger partial charge in [-0.2, -0.15) is 0 Å². The smallest absolute Gasteiger partial charge is 0.224 e. The number of hydrogen-bond acceptors (Lipinski definition) is 4. The van der Waals surface area contributed by atoms with E-state index >= 15 is 0 Å². The largest absolute Gasteiger partial charge is 0.326 e. The van der Waals surface area contributed by atoms with Crippen molar-refractivity contribution in [2.45, 2.75) is 203 Å². The first-order chi connectivity index (χ1) is 26.9. The van der Waals surface area contributed by atoms with Gasteiger partial charge in [0, 0.05) is 24.2 Å². The molecule has 0 radical (unpaired) electrons. The number of sulfone groups is 1. The number of amides is 2. The number of para-hydroxylation sites is 2. The number of benzene rings is 2. The van der Waals surface area contributed by atoms with Crippen LogP contribution >= 0.6 is 0 Å². The summed E-state index contributed by atoms with van der Waals surface area (Å²) in [4.78, 5) is 24.1. The van der Waals surface area contributed by atoms with E-state index in [-0.39, 0.29) is 22.3 Å². The van der Waals surface area contributed by atoms with Gasteiger partial charge in [-0.1, -0.05) is 165 Å². The molecule has 2 aromatic carbocycles. The Morgan fingerprint density at radius 1 is 0.436 bits per heavy atom. The zero-order valence-electron chi connectivity index (χ0n) is 34.3. The van der Waals surface area contributed by atoms with Crippen LogP contribution in [-0.2, 0) is 19.4 Å². The van der Waals surface area contributed by atoms with E-state index in [0.29, 0.717) is 24.7 Å². The second-order valence-electron chi connectivity index (χ2n) is 17.2. The first-order valence-electron chi connectivity index (χ1n) is 22.8. The SMILES string of the molecule is O=C(CCCCCCCCCCCCC1CCC(S(=O)(=O)C2CCC(CCCCCCCCCCCCC(=O)Nc3ccccc3)C2)C1)Nc1ccccc1. The third-order valence-corrected chi connectivity index (χ3v) is 15.3. The minimum atomic E-state index is -2.99. The number of unbranched alkanes of at least 4 members (excludes halogenated alkanes) is 18. The lowest BCUT2D eigenvalue weighted by Gasteiger charge is -2.18. The van der Waals surface area contributed by atoms with Crippen molar-refractivity contribution in [3.05, 3.63) is 60.7 Å². The van der Waals surface area contributed by atoms with Crippen LogP contribution in [0.4, 0.5) is 11.4 Å². The van der Waals surface area contributed by atoms with Gasteiger partial charge in [0.25, 0.3) is 0 Å². The van der Waals surface area contributed by atoms with Crippen LogP contribution in [0.15, 0.2) is 60.7 Å². The zero-order chi connectivity index (χ0) is 38.8. The summed E-state index contributed by atoms with van der Waals surface area (Å²) < 4.78 is 27.2. The highest BCUT2D eigenvalue weighted by Gasteiger charge is 2.41. The van der Waals surface area contributed by atoms with Crippen molar-refractivity contribution in [3.8, 4) is 0 Å². The highest BCUT2D eigenvalue weighted by Crippen LogP contribution is 2.41. The molecule has 2 amide bonds. The van der Waals surface area contributed by atoms with Gasteiger partial charge in [0.1, 0.15) is 0 Å². The number of anilines is 2. The van der Waals surface area contributed by atoms with Gasteiger partial charge in [-0.25, -0.2) is 8.42 Å². The summed E-state index contributed by atoms with van der Waals surface area (Å²) in [7, 11) is -2.99. The maximum atomic E-state index is 13.6. The fraction of sp³-hybridized carbons (Fsp3) is 0.708. The van der Waals surface area contributed by atoms with Crippen molar-refractivity contribution >= 4 is 33.0 Å². The van der Waals surface area contributed by atoms with Crippen LogP contribution in [0.5, 0.6) is 0 Å². The Hall–Kier alpha value is -2.67. The van der Waals surface area contributed by atoms with Crippen LogP contribution in [0.3, 0.4) is 0 Å². The molecule has 6 nitrogen and oxygen atoms in total. The van der Waals surface area contributed by atoms with E-state index in [4.69, 9.17) is 0 Å². The van der Waals surface area contributed by atoms with Gasteiger partial charge in [-0.3, -0.25) is 9.59 Å². The molecule has 308 valence electrons. The monoisotopic (exact) mass is 777 g/mol. The lowest BCUT2D eigenvalue weighted by Crippen LogP contribution is -2.29. The standard InChI is InChI=1S/C48H76N2O4S/c51-47(49-43-29-21-17-22-30-43)33-25-15-11-7-3-1-5-9-13-19-27-41-35-37-45(39-41)55(53,54)46-38-36-42(40-46)28-20-14-10-6-2-4-8-12-16-26-34-48(52)50-44-31-23-18-24-32-44/h17-18,21-24,29-32,41-42,45-46H,1-16,19-20,25-28,33-40H2,(H,49,51)(H,50,52). The van der Waals surface area contributed by atoms with Gasteiger partial charge in [0.05, 0.1) is 10.5 Å². The summed E-state index contributed by atoms with van der Waals surface area (Å²) >= 11 is 0. The molecule has 0 aromatic heterocycles. The van der Waals surface area contributed by atoms with Crippen LogP contribution in [0.1, 0.15) is 193 Å². The van der Waals surface area contributed by atoms with Crippen LogP contribution < -0.4 is 10.6 Å². The molecule has 4 atom stereocenters. The number of hydrogen-bond donors (Lipinski definition) is 2. The highest BCUT2D eigenvalue weighted by atomic mass is 32.2. The second-order valence-corrected chi connectivity index (χ2v) is 19.7. The van der Waals surface area contributed by atoms with Gasteiger partial charge in [-0.05, 0) is 87.5 Å². The van der Waals surface area contributed by atoms with Crippen molar-refractivity contribution in [1.82, 2.24) is 0 Å². The molecule has 0 spiro atoms. The van der Waals surface area contributed by atoms with Gasteiger partial charge in [-0.15, -0.1) is 0 Å². The average molecular weight is 777 g/mol. The maximum Gasteiger partial charge on any atom is 0.224 e. The van der Waals surface area contributed by atoms with Crippen molar-refractivity contribution in [3.63, 3.8) is 0 Å². The Labute approximate surface area is 336 Å². The van der Waals surface area contributed by atoms with Crippen LogP contribution in [-0.4, -0.2) is 30.7 Å². The maximum absolute atomic E-state index is 13.6. The van der Waals surface area contributed by atoms with E-state index in [9.17, 15) is 18.0 Å². The highest BCUT2D eigenvalue weighted by molar-refractivity contribution is 7.92. The third-order valence-electron chi connectivity index (χ3n) is 12.6. The molecule has 2 aliphatic rings. The van der Waals surface area contributed by atoms with E-state index in [1.54, 1.807) is 0 Å². The predicted molar refractivity (Wildman–Crippen MR) is 232 cm³/mol. The molecule has 2 saturated carbocycles. The van der Waals surface area contributed by atoms with Crippen molar-refractivity contribution < 1.29 is 18.0 Å². The lowest BCUT2D eigenvalue weighted by atomic mass is 9.98. The molecule has 0 aliphatic heterocycles. The number of nitrogens with one attached hydrogen (secondary N) is 2. The normalized spacial score (nSPS) is 19.8. The van der Waals surface area contributed by atoms with Gasteiger partial charge < -0.3 is 10.6 Å². The number of rotatable bonds is 30. The third kappa shape index (κ3) is 18.9. The Balaban J connectivity index is 0.897. The summed E-state index contributed by atoms with van der Waals surface area (Å²) in [6.07, 6.45) is 34.2. The second kappa shape index (κ2) is 27.1. The van der Waals surface area contributed by atoms with Crippen LogP contribution in [0.2, 0.25) is 0 Å². The molecule has 0 bridgehead atoms. The number of carbonyl (C=O) groups is 2. The molecule has 55 heavy (non-hydrogen) atoms. The van der Waals surface area contributed by atoms with Gasteiger partial charge >= 0.3 is 0 Å². The first kappa shape index (κ1) is 45.0. The Kier molecular flexibility index (Phi) is 22.2. The summed E-state index contributed by atoms with van der Waals surface area (Å²) in [5.74, 6) is 1.47. The molecule has 2 aliphatic carbocycles. The molecule has 0 saturated heterocycles. The summed E-state index contributed by atoms with van der Waals surface area (Å²) in [6, 6.07) is 19.4. The summed E-state index contributed by atoms with van der Waals surface area (Å²) in [5.41, 5.74) is 1.76. The van der Waals surface area contributed by atoms with Gasteiger partial charge in [0.2, 0.25) is 11.8 Å². The Bertz CT molecular complexity index is 1310. The molecule has 4 unspecified atom stereocenters. The zero-order valence-corrected chi connectivity index (χ0v) is 35.2. The first-order valence-corrected chi connectivity index (χ1v) is 24.4. The summed E-state index contributed by atoms with van der Waals surface area (Å²) in [6.45, 7) is 0. The fourth-order valence-electron chi connectivity index (χ4n) is 9.21. The fourth-order valence-corrected chi connectivity index (χ4v) is 11.8. The van der Waals surface area contributed by atoms with Crippen molar-refractivity contribution in [2.75, 3.05) is 10.6 Å². The predicted octanol–water partition coefficient (Wildman–Crippen LogP) is 13.4. The van der Waals surface area contributed by atoms with E-state index in [0.717, 1.165) is 75.6 Å². The quantitative estimate of drug-likeness (QED) is 0.0773. The van der Waals surface area contributed by atoms with Crippen molar-refractivity contribution in [1.29, 1.82) is 0 Å². The Morgan fingerprint density at radius 3 is 1.09 bits per heavy atom. The topological polar surface area (TPSA) is 92.3 Å². The van der Waals surface area contributed by atoms with E-state index in [1.807, 2.05) is 60.7 Å². The van der Waals surface area contributed by atoms with Crippen LogP contribution in [0, 0.1) is 11.8 Å². The van der Waals surface area contributed by atoms with Gasteiger partial charge in [0.15, 0.2) is 9.84 Å². The number of carbonyl (C=O) groups excluding carboxylic acids is 2. The molecule has 4 rings (SSSR count). The Morgan fingerprint density at radius 2 is 0.745 bits per heavy atom. The molecule has 2 fully saturated rings. The van der Waals surface area contributed by atoms with E-state index in [1.165, 1.54) is 116 Å². The molecule has 7 heteroatoms. The molecular weight excluding hydrogens is 701 g/mol. The molecule has 2 aromatic rings. The molecule has 2 N–H and O–H groups in total. The minimum Gasteiger partial charge on any atom is -0.326 e. The lowest BCUT2D eigenvalue weighted by molar-refractivity contribution is -0.117. The van der Waals surface area contributed by atoms with Crippen LogP contribution in [0.25, 0.3) is 0 Å².